The summed E-state index contributed by atoms with van der Waals surface area (Å²) in [6.45, 7) is 15.4. The lowest BCUT2D eigenvalue weighted by Gasteiger charge is -2.32. The van der Waals surface area contributed by atoms with Gasteiger partial charge < -0.3 is 18.9 Å². The quantitative estimate of drug-likeness (QED) is 0.719. The Kier molecular flexibility index (Phi) is 5.41. The molecule has 2 fully saturated rings. The van der Waals surface area contributed by atoms with Gasteiger partial charge in [-0.3, -0.25) is 0 Å². The summed E-state index contributed by atoms with van der Waals surface area (Å²) < 4.78 is 17.4. The Bertz CT molecular complexity index is 472. The molecule has 0 aromatic carbocycles. The van der Waals surface area contributed by atoms with E-state index in [1.165, 1.54) is 0 Å². The molecule has 5 nitrogen and oxygen atoms in total. The average Bonchev–Trinajstić information content (AvgIpc) is 2.63. The van der Waals surface area contributed by atoms with Crippen LogP contribution in [0.25, 0.3) is 0 Å². The van der Waals surface area contributed by atoms with E-state index in [0.29, 0.717) is 5.92 Å². The average molecular weight is 337 g/mol. The van der Waals surface area contributed by atoms with Crippen molar-refractivity contribution in [1.82, 2.24) is 4.90 Å². The van der Waals surface area contributed by atoms with Gasteiger partial charge in [-0.25, -0.2) is 4.79 Å². The summed E-state index contributed by atoms with van der Waals surface area (Å²) in [5.74, 6) is 2.47. The smallest absolute Gasteiger partial charge is 0.444 e. The van der Waals surface area contributed by atoms with Crippen molar-refractivity contribution in [3.63, 3.8) is 0 Å². The highest BCUT2D eigenvalue weighted by Crippen LogP contribution is 2.37. The molecule has 2 saturated heterocycles. The van der Waals surface area contributed by atoms with Crippen molar-refractivity contribution in [2.75, 3.05) is 13.1 Å². The molecule has 0 unspecified atom stereocenters. The zero-order valence-corrected chi connectivity index (χ0v) is 16.2. The molecule has 0 spiro atoms. The highest BCUT2D eigenvalue weighted by Gasteiger charge is 2.50. The second-order valence-electron chi connectivity index (χ2n) is 8.81. The molecular formula is C18H32BNO4. The zero-order chi connectivity index (χ0) is 18.2. The first-order chi connectivity index (χ1) is 10.9. The molecule has 0 bridgehead atoms. The number of rotatable bonds is 2. The van der Waals surface area contributed by atoms with Gasteiger partial charge in [0.05, 0.1) is 11.2 Å². The molecule has 136 valence electrons. The molecule has 0 saturated carbocycles. The molecule has 0 atom stereocenters. The van der Waals surface area contributed by atoms with Crippen molar-refractivity contribution in [1.29, 1.82) is 0 Å². The molecule has 0 aliphatic carbocycles. The fourth-order valence-corrected chi connectivity index (χ4v) is 2.82. The van der Waals surface area contributed by atoms with Crippen LogP contribution in [0.15, 0.2) is 12.1 Å². The van der Waals surface area contributed by atoms with Gasteiger partial charge in [-0.2, -0.15) is 0 Å². The molecule has 0 aromatic rings. The van der Waals surface area contributed by atoms with Crippen molar-refractivity contribution in [3.05, 3.63) is 12.1 Å². The number of carbonyl (C=O) groups excluding carboxylic acids is 1. The van der Waals surface area contributed by atoms with E-state index >= 15 is 0 Å². The Morgan fingerprint density at radius 1 is 1.12 bits per heavy atom. The number of amides is 1. The van der Waals surface area contributed by atoms with Gasteiger partial charge in [0, 0.05) is 13.1 Å². The summed E-state index contributed by atoms with van der Waals surface area (Å²) in [6, 6.07) is 0. The zero-order valence-electron chi connectivity index (χ0n) is 16.2. The summed E-state index contributed by atoms with van der Waals surface area (Å²) in [5.41, 5.74) is -1.05. The van der Waals surface area contributed by atoms with Crippen LogP contribution in [0.4, 0.5) is 4.79 Å². The van der Waals surface area contributed by atoms with Gasteiger partial charge >= 0.3 is 13.2 Å². The van der Waals surface area contributed by atoms with E-state index in [4.69, 9.17) is 14.0 Å². The molecule has 2 aliphatic heterocycles. The molecule has 24 heavy (non-hydrogen) atoms. The van der Waals surface area contributed by atoms with Crippen LogP contribution in [-0.2, 0) is 14.0 Å². The van der Waals surface area contributed by atoms with Crippen molar-refractivity contribution in [3.8, 4) is 0 Å². The highest BCUT2D eigenvalue weighted by atomic mass is 16.7. The first kappa shape index (κ1) is 19.3. The number of allylic oxidation sites excluding steroid dienone is 1. The van der Waals surface area contributed by atoms with Crippen molar-refractivity contribution in [2.45, 2.75) is 78.1 Å². The lowest BCUT2D eigenvalue weighted by Crippen LogP contribution is -2.41. The predicted octanol–water partition coefficient (Wildman–Crippen LogP) is 3.82. The van der Waals surface area contributed by atoms with Crippen LogP contribution < -0.4 is 0 Å². The number of ether oxygens (including phenoxy) is 1. The predicted molar refractivity (Wildman–Crippen MR) is 95.8 cm³/mol. The van der Waals surface area contributed by atoms with Gasteiger partial charge in [-0.15, -0.1) is 0 Å². The second-order valence-corrected chi connectivity index (χ2v) is 8.81. The van der Waals surface area contributed by atoms with Crippen molar-refractivity contribution >= 4 is 13.2 Å². The maximum Gasteiger partial charge on any atom is 0.486 e. The largest absolute Gasteiger partial charge is 0.486 e. The van der Waals surface area contributed by atoms with Gasteiger partial charge in [0.15, 0.2) is 0 Å². The second kappa shape index (κ2) is 6.72. The minimum absolute atomic E-state index is 0.212. The molecule has 0 aromatic heterocycles. The van der Waals surface area contributed by atoms with E-state index in [2.05, 4.69) is 33.8 Å². The lowest BCUT2D eigenvalue weighted by atomic mass is 9.86. The van der Waals surface area contributed by atoms with Crippen molar-refractivity contribution < 1.29 is 18.8 Å². The maximum absolute atomic E-state index is 12.1. The van der Waals surface area contributed by atoms with Crippen LogP contribution in [0.2, 0.25) is 0 Å². The van der Waals surface area contributed by atoms with Crippen LogP contribution in [0.3, 0.4) is 0 Å². The fraction of sp³-hybridized carbons (Fsp3) is 0.833. The van der Waals surface area contributed by atoms with Crippen LogP contribution in [-0.4, -0.2) is 48.0 Å². The van der Waals surface area contributed by atoms with E-state index < -0.39 is 5.60 Å². The van der Waals surface area contributed by atoms with E-state index in [-0.39, 0.29) is 24.4 Å². The Morgan fingerprint density at radius 2 is 1.62 bits per heavy atom. The molecule has 0 radical (unpaired) electrons. The minimum atomic E-state index is -0.440. The normalized spacial score (nSPS) is 24.6. The third-order valence-corrected chi connectivity index (χ3v) is 5.00. The monoisotopic (exact) mass is 337 g/mol. The van der Waals surface area contributed by atoms with E-state index in [9.17, 15) is 4.79 Å². The third kappa shape index (κ3) is 4.76. The van der Waals surface area contributed by atoms with Crippen LogP contribution >= 0.6 is 0 Å². The molecular weight excluding hydrogens is 305 g/mol. The number of hydrogen-bond donors (Lipinski definition) is 0. The van der Waals surface area contributed by atoms with Crippen LogP contribution in [0, 0.1) is 5.92 Å². The van der Waals surface area contributed by atoms with Gasteiger partial charge in [0.25, 0.3) is 0 Å². The summed E-state index contributed by atoms with van der Waals surface area (Å²) in [5, 5.41) is 0. The molecule has 0 N–H and O–H groups in total. The van der Waals surface area contributed by atoms with E-state index in [1.54, 1.807) is 4.90 Å². The number of hydrogen-bond acceptors (Lipinski definition) is 4. The van der Waals surface area contributed by atoms with Crippen LogP contribution in [0.1, 0.15) is 61.3 Å². The Labute approximate surface area is 146 Å². The molecule has 6 heteroatoms. The first-order valence-electron chi connectivity index (χ1n) is 8.91. The standard InChI is InChI=1S/C18H32BNO4/c1-16(2,3)22-15(21)20-12-9-14(10-13-20)8-11-19-23-17(4,5)18(6,7)24-19/h8,11,14H,9-10,12-13H2,1-7H3/b11-8+. The summed E-state index contributed by atoms with van der Waals surface area (Å²) in [4.78, 5) is 13.9. The number of likely N-dealkylation sites (tertiary alicyclic amines) is 1. The molecule has 2 rings (SSSR count). The summed E-state index contributed by atoms with van der Waals surface area (Å²) in [6.07, 6.45) is 3.84. The lowest BCUT2D eigenvalue weighted by molar-refractivity contribution is 0.00578. The Morgan fingerprint density at radius 3 is 2.08 bits per heavy atom. The van der Waals surface area contributed by atoms with Gasteiger partial charge in [0.1, 0.15) is 5.60 Å². The Hall–Kier alpha value is -1.01. The van der Waals surface area contributed by atoms with Gasteiger partial charge in [-0.1, -0.05) is 12.1 Å². The minimum Gasteiger partial charge on any atom is -0.444 e. The molecule has 1 amide bonds. The number of piperidine rings is 1. The third-order valence-electron chi connectivity index (χ3n) is 5.00. The van der Waals surface area contributed by atoms with Gasteiger partial charge in [-0.05, 0) is 67.2 Å². The SMILES string of the molecule is CC(C)(C)OC(=O)N1CCC(/C=C/B2OC(C)(C)C(C)(C)O2)CC1. The number of carbonyl (C=O) groups is 1. The first-order valence-corrected chi connectivity index (χ1v) is 8.91. The highest BCUT2D eigenvalue weighted by molar-refractivity contribution is 6.51. The van der Waals surface area contributed by atoms with Gasteiger partial charge in [0.2, 0.25) is 0 Å². The topological polar surface area (TPSA) is 48.0 Å². The fourth-order valence-electron chi connectivity index (χ4n) is 2.82. The number of nitrogens with zero attached hydrogens (tertiary/aromatic N) is 1. The summed E-state index contributed by atoms with van der Waals surface area (Å²) >= 11 is 0. The summed E-state index contributed by atoms with van der Waals surface area (Å²) in [7, 11) is -0.293. The molecule has 2 aliphatic rings. The molecule has 2 heterocycles. The van der Waals surface area contributed by atoms with E-state index in [0.717, 1.165) is 25.9 Å². The van der Waals surface area contributed by atoms with E-state index in [1.807, 2.05) is 26.7 Å². The maximum atomic E-state index is 12.1. The Balaban J connectivity index is 1.81. The van der Waals surface area contributed by atoms with Crippen molar-refractivity contribution in [2.24, 2.45) is 5.92 Å². The van der Waals surface area contributed by atoms with Crippen LogP contribution in [0.5, 0.6) is 0 Å².